The molecule has 3 aromatic rings. The molecule has 25 heavy (non-hydrogen) atoms. The zero-order valence-corrected chi connectivity index (χ0v) is 12.9. The van der Waals surface area contributed by atoms with Crippen LogP contribution in [0.15, 0.2) is 61.2 Å². The maximum Gasteiger partial charge on any atom is 0.573 e. The van der Waals surface area contributed by atoms with E-state index in [1.165, 1.54) is 24.3 Å². The molecule has 0 spiro atoms. The first-order valence-electron chi connectivity index (χ1n) is 7.31. The molecule has 2 aromatic heterocycles. The molecule has 128 valence electrons. The molecule has 0 saturated heterocycles. The molecule has 0 aliphatic carbocycles. The number of rotatable bonds is 5. The lowest BCUT2D eigenvalue weighted by molar-refractivity contribution is -0.274. The normalized spacial score (nSPS) is 11.2. The van der Waals surface area contributed by atoms with E-state index in [4.69, 9.17) is 0 Å². The predicted octanol–water partition coefficient (Wildman–Crippen LogP) is 4.05. The number of alkyl halides is 3. The smallest absolute Gasteiger partial charge is 0.406 e. The van der Waals surface area contributed by atoms with Crippen LogP contribution in [0.2, 0.25) is 0 Å². The summed E-state index contributed by atoms with van der Waals surface area (Å²) in [6.07, 6.45) is 1.90. The minimum absolute atomic E-state index is 0.271. The molecule has 0 radical (unpaired) electrons. The van der Waals surface area contributed by atoms with Gasteiger partial charge in [-0.25, -0.2) is 9.97 Å². The lowest BCUT2D eigenvalue weighted by Gasteiger charge is -2.09. The van der Waals surface area contributed by atoms with Gasteiger partial charge in [0.05, 0.1) is 0 Å². The van der Waals surface area contributed by atoms with Crippen LogP contribution < -0.4 is 10.1 Å². The number of anilines is 1. The largest absolute Gasteiger partial charge is 0.573 e. The van der Waals surface area contributed by atoms with E-state index in [0.717, 1.165) is 5.56 Å². The second-order valence-electron chi connectivity index (χ2n) is 5.08. The summed E-state index contributed by atoms with van der Waals surface area (Å²) in [7, 11) is 0. The zero-order chi connectivity index (χ0) is 17.7. The Kier molecular flexibility index (Phi) is 4.78. The van der Waals surface area contributed by atoms with Crippen LogP contribution in [0.1, 0.15) is 5.56 Å². The van der Waals surface area contributed by atoms with E-state index in [1.54, 1.807) is 24.8 Å². The van der Waals surface area contributed by atoms with Gasteiger partial charge in [0.1, 0.15) is 5.75 Å². The minimum Gasteiger partial charge on any atom is -0.406 e. The highest BCUT2D eigenvalue weighted by Gasteiger charge is 2.30. The molecule has 0 amide bonds. The summed E-state index contributed by atoms with van der Waals surface area (Å²) in [5.41, 5.74) is 2.42. The van der Waals surface area contributed by atoms with Crippen molar-refractivity contribution in [2.45, 2.75) is 12.9 Å². The molecule has 0 atom stereocenters. The molecule has 0 fully saturated rings. The molecule has 0 unspecified atom stereocenters. The monoisotopic (exact) mass is 346 g/mol. The summed E-state index contributed by atoms with van der Waals surface area (Å²) in [5, 5.41) is 3.08. The van der Waals surface area contributed by atoms with Crippen molar-refractivity contribution in [3.8, 4) is 16.9 Å². The van der Waals surface area contributed by atoms with Crippen molar-refractivity contribution in [3.63, 3.8) is 0 Å². The summed E-state index contributed by atoms with van der Waals surface area (Å²) in [4.78, 5) is 12.3. The Balaban J connectivity index is 1.64. The lowest BCUT2D eigenvalue weighted by Crippen LogP contribution is -2.16. The fourth-order valence-corrected chi connectivity index (χ4v) is 2.10. The van der Waals surface area contributed by atoms with Gasteiger partial charge < -0.3 is 10.1 Å². The van der Waals surface area contributed by atoms with Crippen molar-refractivity contribution in [2.24, 2.45) is 0 Å². The Hall–Kier alpha value is -3.16. The van der Waals surface area contributed by atoms with Crippen LogP contribution in [-0.2, 0) is 6.54 Å². The third-order valence-corrected chi connectivity index (χ3v) is 3.27. The number of nitrogens with zero attached hydrogens (tertiary/aromatic N) is 3. The number of pyridine rings is 1. The molecule has 2 heterocycles. The van der Waals surface area contributed by atoms with Gasteiger partial charge in [-0.05, 0) is 35.4 Å². The van der Waals surface area contributed by atoms with Crippen molar-refractivity contribution in [1.82, 2.24) is 15.0 Å². The van der Waals surface area contributed by atoms with E-state index in [2.05, 4.69) is 25.0 Å². The third kappa shape index (κ3) is 4.90. The Bertz CT molecular complexity index is 806. The first-order valence-corrected chi connectivity index (χ1v) is 7.31. The average molecular weight is 346 g/mol. The summed E-state index contributed by atoms with van der Waals surface area (Å²) in [5.74, 6) is 0.186. The maximum atomic E-state index is 12.2. The molecule has 0 aliphatic rings. The fourth-order valence-electron chi connectivity index (χ4n) is 2.10. The van der Waals surface area contributed by atoms with Crippen LogP contribution in [0.3, 0.4) is 0 Å². The highest BCUT2D eigenvalue weighted by Crippen LogP contribution is 2.26. The number of hydrogen-bond acceptors (Lipinski definition) is 5. The average Bonchev–Trinajstić information content (AvgIpc) is 2.61. The fraction of sp³-hybridized carbons (Fsp3) is 0.118. The van der Waals surface area contributed by atoms with Gasteiger partial charge in [-0.1, -0.05) is 12.1 Å². The predicted molar refractivity (Wildman–Crippen MR) is 85.7 cm³/mol. The Morgan fingerprint density at radius 3 is 2.12 bits per heavy atom. The molecule has 0 aliphatic heterocycles. The van der Waals surface area contributed by atoms with E-state index >= 15 is 0 Å². The van der Waals surface area contributed by atoms with E-state index in [-0.39, 0.29) is 5.75 Å². The van der Waals surface area contributed by atoms with E-state index < -0.39 is 6.36 Å². The number of ether oxygens (including phenoxy) is 1. The Morgan fingerprint density at radius 1 is 0.880 bits per heavy atom. The standard InChI is InChI=1S/C17H13F3N4O/c18-17(19,20)25-15-3-1-13(2-4-15)14-10-23-16(24-11-14)22-9-12-5-7-21-8-6-12/h1-8,10-11H,9H2,(H,22,23,24). The molecular formula is C17H13F3N4O. The summed E-state index contributed by atoms with van der Waals surface area (Å²) < 4.78 is 40.3. The van der Waals surface area contributed by atoms with Crippen molar-refractivity contribution in [3.05, 3.63) is 66.7 Å². The zero-order valence-electron chi connectivity index (χ0n) is 12.9. The molecule has 1 aromatic carbocycles. The van der Waals surface area contributed by atoms with Crippen LogP contribution in [-0.4, -0.2) is 21.3 Å². The van der Waals surface area contributed by atoms with Crippen LogP contribution in [0.5, 0.6) is 5.75 Å². The van der Waals surface area contributed by atoms with E-state index in [1.807, 2.05) is 12.1 Å². The molecule has 8 heteroatoms. The Labute approximate surface area is 141 Å². The van der Waals surface area contributed by atoms with Crippen LogP contribution in [0, 0.1) is 0 Å². The van der Waals surface area contributed by atoms with E-state index in [0.29, 0.717) is 23.6 Å². The van der Waals surface area contributed by atoms with Gasteiger partial charge in [0.25, 0.3) is 0 Å². The number of nitrogens with one attached hydrogen (secondary N) is 1. The van der Waals surface area contributed by atoms with Crippen molar-refractivity contribution >= 4 is 5.95 Å². The first-order chi connectivity index (χ1) is 12.0. The highest BCUT2D eigenvalue weighted by molar-refractivity contribution is 5.62. The third-order valence-electron chi connectivity index (χ3n) is 3.27. The van der Waals surface area contributed by atoms with Gasteiger partial charge >= 0.3 is 6.36 Å². The van der Waals surface area contributed by atoms with Crippen molar-refractivity contribution < 1.29 is 17.9 Å². The van der Waals surface area contributed by atoms with Gasteiger partial charge in [-0.15, -0.1) is 13.2 Å². The number of benzene rings is 1. The number of aromatic nitrogens is 3. The van der Waals surface area contributed by atoms with Gasteiger partial charge in [-0.2, -0.15) is 0 Å². The summed E-state index contributed by atoms with van der Waals surface area (Å²) >= 11 is 0. The van der Waals surface area contributed by atoms with E-state index in [9.17, 15) is 13.2 Å². The second-order valence-corrected chi connectivity index (χ2v) is 5.08. The van der Waals surface area contributed by atoms with Gasteiger partial charge in [-0.3, -0.25) is 4.98 Å². The number of halogens is 3. The molecule has 0 bridgehead atoms. The molecular weight excluding hydrogens is 333 g/mol. The SMILES string of the molecule is FC(F)(F)Oc1ccc(-c2cnc(NCc3ccncc3)nc2)cc1. The minimum atomic E-state index is -4.70. The van der Waals surface area contributed by atoms with Crippen molar-refractivity contribution in [2.75, 3.05) is 5.32 Å². The van der Waals surface area contributed by atoms with Crippen LogP contribution >= 0.6 is 0 Å². The second kappa shape index (κ2) is 7.16. The van der Waals surface area contributed by atoms with Crippen LogP contribution in [0.4, 0.5) is 19.1 Å². The quantitative estimate of drug-likeness (QED) is 0.755. The lowest BCUT2D eigenvalue weighted by atomic mass is 10.1. The Morgan fingerprint density at radius 2 is 1.52 bits per heavy atom. The topological polar surface area (TPSA) is 59.9 Å². The molecule has 1 N–H and O–H groups in total. The molecule has 0 saturated carbocycles. The highest BCUT2D eigenvalue weighted by atomic mass is 19.4. The first kappa shape index (κ1) is 16.7. The molecule has 3 rings (SSSR count). The maximum absolute atomic E-state index is 12.2. The number of hydrogen-bond donors (Lipinski definition) is 1. The van der Waals surface area contributed by atoms with Crippen molar-refractivity contribution in [1.29, 1.82) is 0 Å². The van der Waals surface area contributed by atoms with Gasteiger partial charge in [0.2, 0.25) is 5.95 Å². The van der Waals surface area contributed by atoms with Gasteiger partial charge in [0.15, 0.2) is 0 Å². The summed E-state index contributed by atoms with van der Waals surface area (Å²) in [6, 6.07) is 9.29. The van der Waals surface area contributed by atoms with Crippen LogP contribution in [0.25, 0.3) is 11.1 Å². The summed E-state index contributed by atoms with van der Waals surface area (Å²) in [6.45, 7) is 0.561. The van der Waals surface area contributed by atoms with Gasteiger partial charge in [0, 0.05) is 36.9 Å². The molecule has 5 nitrogen and oxygen atoms in total.